The molecule has 2 aromatic rings. The molecule has 0 aliphatic heterocycles. The van der Waals surface area contributed by atoms with Crippen molar-refractivity contribution in [2.45, 2.75) is 20.5 Å². The average molecular weight is 246 g/mol. The topological polar surface area (TPSA) is 29.5 Å². The van der Waals surface area contributed by atoms with Crippen LogP contribution < -0.4 is 4.74 Å². The molecule has 0 bridgehead atoms. The molecule has 0 radical (unpaired) electrons. The second kappa shape index (κ2) is 5.19. The van der Waals surface area contributed by atoms with E-state index in [2.05, 4.69) is 0 Å². The molecule has 0 heterocycles. The van der Waals surface area contributed by atoms with Gasteiger partial charge in [0.15, 0.2) is 0 Å². The lowest BCUT2D eigenvalue weighted by Crippen LogP contribution is -1.94. The third-order valence-corrected chi connectivity index (χ3v) is 2.76. The molecular formula is C15H15FO2. The summed E-state index contributed by atoms with van der Waals surface area (Å²) in [6.07, 6.45) is 0. The Kier molecular flexibility index (Phi) is 3.63. The fourth-order valence-corrected chi connectivity index (χ4v) is 1.71. The Hall–Kier alpha value is -1.87. The fraction of sp³-hybridized carbons (Fsp3) is 0.200. The maximum absolute atomic E-state index is 13.0. The normalized spacial score (nSPS) is 10.4. The molecule has 0 unspecified atom stereocenters. The zero-order valence-electron chi connectivity index (χ0n) is 10.4. The standard InChI is InChI=1S/C15H15FO2/c1-10-3-4-11(2)15(7-10)18-14-6-5-13(16)8-12(14)9-17/h3-8,17H,9H2,1-2H3. The molecule has 0 fully saturated rings. The maximum atomic E-state index is 13.0. The van der Waals surface area contributed by atoms with Gasteiger partial charge in [0.2, 0.25) is 0 Å². The third-order valence-electron chi connectivity index (χ3n) is 2.76. The van der Waals surface area contributed by atoms with Gasteiger partial charge < -0.3 is 9.84 Å². The molecule has 94 valence electrons. The molecule has 0 amide bonds. The first-order chi connectivity index (χ1) is 8.60. The number of halogens is 1. The van der Waals surface area contributed by atoms with E-state index in [-0.39, 0.29) is 12.4 Å². The first-order valence-electron chi connectivity index (χ1n) is 5.74. The van der Waals surface area contributed by atoms with Crippen molar-refractivity contribution >= 4 is 0 Å². The van der Waals surface area contributed by atoms with Crippen LogP contribution in [0.4, 0.5) is 4.39 Å². The number of benzene rings is 2. The summed E-state index contributed by atoms with van der Waals surface area (Å²) < 4.78 is 18.8. The van der Waals surface area contributed by atoms with Crippen molar-refractivity contribution < 1.29 is 14.2 Å². The lowest BCUT2D eigenvalue weighted by atomic mass is 10.1. The number of hydrogen-bond acceptors (Lipinski definition) is 2. The number of aliphatic hydroxyl groups excluding tert-OH is 1. The van der Waals surface area contributed by atoms with Crippen molar-refractivity contribution in [1.29, 1.82) is 0 Å². The molecule has 0 aliphatic carbocycles. The summed E-state index contributed by atoms with van der Waals surface area (Å²) in [5, 5.41) is 9.20. The lowest BCUT2D eigenvalue weighted by Gasteiger charge is -2.12. The molecule has 0 saturated heterocycles. The van der Waals surface area contributed by atoms with Crippen LogP contribution in [0.1, 0.15) is 16.7 Å². The third kappa shape index (κ3) is 2.68. The molecule has 0 atom stereocenters. The van der Waals surface area contributed by atoms with E-state index in [1.165, 1.54) is 18.2 Å². The van der Waals surface area contributed by atoms with E-state index in [1.54, 1.807) is 0 Å². The van der Waals surface area contributed by atoms with Crippen LogP contribution in [0.15, 0.2) is 36.4 Å². The van der Waals surface area contributed by atoms with Crippen LogP contribution in [-0.2, 0) is 6.61 Å². The Labute approximate surface area is 106 Å². The summed E-state index contributed by atoms with van der Waals surface area (Å²) in [5.41, 5.74) is 2.52. The summed E-state index contributed by atoms with van der Waals surface area (Å²) in [6, 6.07) is 10.0. The van der Waals surface area contributed by atoms with Gasteiger partial charge in [0, 0.05) is 5.56 Å². The summed E-state index contributed by atoms with van der Waals surface area (Å²) in [7, 11) is 0. The molecule has 0 aliphatic rings. The molecule has 18 heavy (non-hydrogen) atoms. The predicted molar refractivity (Wildman–Crippen MR) is 68.3 cm³/mol. The fourth-order valence-electron chi connectivity index (χ4n) is 1.71. The van der Waals surface area contributed by atoms with Gasteiger partial charge >= 0.3 is 0 Å². The quantitative estimate of drug-likeness (QED) is 0.894. The zero-order chi connectivity index (χ0) is 13.1. The van der Waals surface area contributed by atoms with Crippen molar-refractivity contribution in [3.63, 3.8) is 0 Å². The lowest BCUT2D eigenvalue weighted by molar-refractivity contribution is 0.275. The highest BCUT2D eigenvalue weighted by Gasteiger charge is 2.07. The molecule has 1 N–H and O–H groups in total. The van der Waals surface area contributed by atoms with Gasteiger partial charge in [0.1, 0.15) is 17.3 Å². The van der Waals surface area contributed by atoms with Crippen LogP contribution in [0.5, 0.6) is 11.5 Å². The van der Waals surface area contributed by atoms with Crippen LogP contribution >= 0.6 is 0 Å². The van der Waals surface area contributed by atoms with Crippen LogP contribution in [0.3, 0.4) is 0 Å². The Balaban J connectivity index is 2.36. The van der Waals surface area contributed by atoms with Crippen molar-refractivity contribution in [2.75, 3.05) is 0 Å². The van der Waals surface area contributed by atoms with Gasteiger partial charge in [-0.2, -0.15) is 0 Å². The van der Waals surface area contributed by atoms with E-state index in [0.29, 0.717) is 11.3 Å². The Morgan fingerprint density at radius 3 is 2.56 bits per heavy atom. The maximum Gasteiger partial charge on any atom is 0.133 e. The monoisotopic (exact) mass is 246 g/mol. The molecule has 0 spiro atoms. The molecule has 0 aromatic heterocycles. The molecular weight excluding hydrogens is 231 g/mol. The van der Waals surface area contributed by atoms with E-state index in [1.807, 2.05) is 32.0 Å². The number of hydrogen-bond donors (Lipinski definition) is 1. The van der Waals surface area contributed by atoms with Crippen LogP contribution in [0.2, 0.25) is 0 Å². The van der Waals surface area contributed by atoms with E-state index in [9.17, 15) is 9.50 Å². The summed E-state index contributed by atoms with van der Waals surface area (Å²) in [6.45, 7) is 3.67. The highest BCUT2D eigenvalue weighted by Crippen LogP contribution is 2.29. The molecule has 2 aromatic carbocycles. The number of rotatable bonds is 3. The molecule has 3 heteroatoms. The van der Waals surface area contributed by atoms with Crippen molar-refractivity contribution in [3.05, 3.63) is 58.9 Å². The molecule has 0 saturated carbocycles. The van der Waals surface area contributed by atoms with Gasteiger partial charge in [0.05, 0.1) is 6.61 Å². The first kappa shape index (κ1) is 12.6. The van der Waals surface area contributed by atoms with Gasteiger partial charge in [-0.3, -0.25) is 0 Å². The van der Waals surface area contributed by atoms with Crippen molar-refractivity contribution in [2.24, 2.45) is 0 Å². The van der Waals surface area contributed by atoms with E-state index in [4.69, 9.17) is 4.74 Å². The van der Waals surface area contributed by atoms with Crippen LogP contribution in [0.25, 0.3) is 0 Å². The minimum Gasteiger partial charge on any atom is -0.457 e. The van der Waals surface area contributed by atoms with Crippen molar-refractivity contribution in [3.8, 4) is 11.5 Å². The minimum atomic E-state index is -0.382. The molecule has 2 nitrogen and oxygen atoms in total. The Morgan fingerprint density at radius 1 is 1.06 bits per heavy atom. The van der Waals surface area contributed by atoms with E-state index in [0.717, 1.165) is 16.9 Å². The van der Waals surface area contributed by atoms with Crippen molar-refractivity contribution in [1.82, 2.24) is 0 Å². The largest absolute Gasteiger partial charge is 0.457 e. The summed E-state index contributed by atoms with van der Waals surface area (Å²) in [5.74, 6) is 0.816. The van der Waals surface area contributed by atoms with Gasteiger partial charge in [-0.15, -0.1) is 0 Å². The second-order valence-corrected chi connectivity index (χ2v) is 4.28. The first-order valence-corrected chi connectivity index (χ1v) is 5.74. The van der Waals surface area contributed by atoms with E-state index >= 15 is 0 Å². The summed E-state index contributed by atoms with van der Waals surface area (Å²) in [4.78, 5) is 0. The number of ether oxygens (including phenoxy) is 1. The van der Waals surface area contributed by atoms with Crippen LogP contribution in [-0.4, -0.2) is 5.11 Å². The van der Waals surface area contributed by atoms with E-state index < -0.39 is 0 Å². The zero-order valence-corrected chi connectivity index (χ0v) is 10.4. The SMILES string of the molecule is Cc1ccc(C)c(Oc2ccc(F)cc2CO)c1. The Bertz CT molecular complexity index is 564. The number of aliphatic hydroxyl groups is 1. The Morgan fingerprint density at radius 2 is 1.83 bits per heavy atom. The van der Waals surface area contributed by atoms with Gasteiger partial charge in [-0.05, 0) is 49.2 Å². The second-order valence-electron chi connectivity index (χ2n) is 4.28. The minimum absolute atomic E-state index is 0.252. The summed E-state index contributed by atoms with van der Waals surface area (Å²) >= 11 is 0. The van der Waals surface area contributed by atoms with Crippen LogP contribution in [0, 0.1) is 19.7 Å². The smallest absolute Gasteiger partial charge is 0.133 e. The highest BCUT2D eigenvalue weighted by molar-refractivity contribution is 5.42. The van der Waals surface area contributed by atoms with Gasteiger partial charge in [-0.25, -0.2) is 4.39 Å². The average Bonchev–Trinajstić information content (AvgIpc) is 2.36. The molecule has 2 rings (SSSR count). The predicted octanol–water partition coefficient (Wildman–Crippen LogP) is 3.73. The van der Waals surface area contributed by atoms with Gasteiger partial charge in [0.25, 0.3) is 0 Å². The number of aryl methyl sites for hydroxylation is 2. The van der Waals surface area contributed by atoms with Gasteiger partial charge in [-0.1, -0.05) is 12.1 Å². The highest BCUT2D eigenvalue weighted by atomic mass is 19.1.